The smallest absolute Gasteiger partial charge is 0.321 e. The van der Waals surface area contributed by atoms with Crippen LogP contribution in [0, 0.1) is 13.8 Å². The average Bonchev–Trinajstić information content (AvgIpc) is 2.66. The lowest BCUT2D eigenvalue weighted by Gasteiger charge is -2.35. The molecule has 2 aromatic rings. The van der Waals surface area contributed by atoms with Crippen molar-refractivity contribution in [2.75, 3.05) is 50.6 Å². The third-order valence-electron chi connectivity index (χ3n) is 4.42. The number of rotatable bonds is 4. The minimum absolute atomic E-state index is 0.0856. The van der Waals surface area contributed by atoms with E-state index in [9.17, 15) is 4.79 Å². The molecule has 0 spiro atoms. The normalized spacial score (nSPS) is 14.1. The summed E-state index contributed by atoms with van der Waals surface area (Å²) in [5.74, 6) is 1.18. The van der Waals surface area contributed by atoms with Gasteiger partial charge in [-0.3, -0.25) is 0 Å². The van der Waals surface area contributed by atoms with Crippen LogP contribution in [0.3, 0.4) is 0 Å². The molecule has 1 N–H and O–H groups in total. The Morgan fingerprint density at radius 2 is 1.63 bits per heavy atom. The van der Waals surface area contributed by atoms with Crippen molar-refractivity contribution in [1.82, 2.24) is 14.9 Å². The van der Waals surface area contributed by atoms with Crippen LogP contribution in [0.4, 0.5) is 16.3 Å². The van der Waals surface area contributed by atoms with Gasteiger partial charge in [0, 0.05) is 37.9 Å². The van der Waals surface area contributed by atoms with Crippen molar-refractivity contribution in [2.45, 2.75) is 13.8 Å². The number of aromatic nitrogens is 2. The average molecular weight is 371 g/mol. The van der Waals surface area contributed by atoms with Crippen molar-refractivity contribution in [2.24, 2.45) is 0 Å². The van der Waals surface area contributed by atoms with E-state index in [0.717, 1.165) is 22.6 Å². The van der Waals surface area contributed by atoms with E-state index in [4.69, 9.17) is 9.47 Å². The maximum absolute atomic E-state index is 12.6. The molecular formula is C19H25N5O3. The lowest BCUT2D eigenvalue weighted by molar-refractivity contribution is 0.208. The van der Waals surface area contributed by atoms with Gasteiger partial charge in [0.1, 0.15) is 5.82 Å². The number of nitrogens with one attached hydrogen (secondary N) is 1. The lowest BCUT2D eigenvalue weighted by Crippen LogP contribution is -2.50. The number of urea groups is 1. The molecule has 3 rings (SSSR count). The van der Waals surface area contributed by atoms with Gasteiger partial charge in [-0.05, 0) is 37.1 Å². The number of nitrogens with zero attached hydrogens (tertiary/aromatic N) is 4. The number of piperazine rings is 1. The molecule has 1 aromatic carbocycles. The SMILES string of the molecule is COc1cc(N2CCN(C(=O)Nc3cc(C)cc(C)c3)CC2)nc(OC)n1. The summed E-state index contributed by atoms with van der Waals surface area (Å²) in [6.07, 6.45) is 0. The van der Waals surface area contributed by atoms with E-state index < -0.39 is 0 Å². The predicted octanol–water partition coefficient (Wildman–Crippen LogP) is 2.46. The quantitative estimate of drug-likeness (QED) is 0.889. The number of carbonyl (C=O) groups is 1. The Kier molecular flexibility index (Phi) is 5.63. The second-order valence-electron chi connectivity index (χ2n) is 6.54. The van der Waals surface area contributed by atoms with Gasteiger partial charge >= 0.3 is 12.0 Å². The molecule has 144 valence electrons. The molecule has 0 aliphatic carbocycles. The van der Waals surface area contributed by atoms with Crippen molar-refractivity contribution in [1.29, 1.82) is 0 Å². The van der Waals surface area contributed by atoms with Crippen LogP contribution in [-0.2, 0) is 0 Å². The summed E-state index contributed by atoms with van der Waals surface area (Å²) in [6, 6.07) is 7.98. The fraction of sp³-hybridized carbons (Fsp3) is 0.421. The molecule has 2 amide bonds. The van der Waals surface area contributed by atoms with Gasteiger partial charge in [0.15, 0.2) is 0 Å². The first kappa shape index (κ1) is 18.8. The van der Waals surface area contributed by atoms with Crippen molar-refractivity contribution in [3.8, 4) is 11.9 Å². The number of amides is 2. The van der Waals surface area contributed by atoms with Gasteiger partial charge in [-0.25, -0.2) is 4.79 Å². The zero-order valence-corrected chi connectivity index (χ0v) is 16.2. The Morgan fingerprint density at radius 3 is 2.22 bits per heavy atom. The molecule has 8 heteroatoms. The summed E-state index contributed by atoms with van der Waals surface area (Å²) in [7, 11) is 3.08. The standard InChI is InChI=1S/C19H25N5O3/c1-13-9-14(2)11-15(10-13)20-19(25)24-7-5-23(6-8-24)16-12-17(26-3)22-18(21-16)27-4/h9-12H,5-8H2,1-4H3,(H,20,25). The Balaban J connectivity index is 1.62. The maximum Gasteiger partial charge on any atom is 0.321 e. The fourth-order valence-corrected chi connectivity index (χ4v) is 3.14. The van der Waals surface area contributed by atoms with Gasteiger partial charge < -0.3 is 24.6 Å². The molecular weight excluding hydrogens is 346 g/mol. The van der Waals surface area contributed by atoms with E-state index in [1.807, 2.05) is 30.9 Å². The van der Waals surface area contributed by atoms with Crippen LogP contribution in [0.2, 0.25) is 0 Å². The van der Waals surface area contributed by atoms with Crippen LogP contribution in [0.25, 0.3) is 0 Å². The first-order valence-electron chi connectivity index (χ1n) is 8.84. The highest BCUT2D eigenvalue weighted by molar-refractivity contribution is 5.89. The first-order valence-corrected chi connectivity index (χ1v) is 8.84. The topological polar surface area (TPSA) is 79.8 Å². The number of benzene rings is 1. The predicted molar refractivity (Wildman–Crippen MR) is 104 cm³/mol. The van der Waals surface area contributed by atoms with E-state index in [1.54, 1.807) is 13.2 Å². The molecule has 8 nitrogen and oxygen atoms in total. The number of ether oxygens (including phenoxy) is 2. The van der Waals surface area contributed by atoms with Crippen LogP contribution < -0.4 is 19.7 Å². The molecule has 0 radical (unpaired) electrons. The number of anilines is 2. The van der Waals surface area contributed by atoms with Gasteiger partial charge in [-0.1, -0.05) is 6.07 Å². The Bertz CT molecular complexity index is 776. The van der Waals surface area contributed by atoms with E-state index >= 15 is 0 Å². The van der Waals surface area contributed by atoms with Gasteiger partial charge in [0.2, 0.25) is 5.88 Å². The Hall–Kier alpha value is -3.03. The largest absolute Gasteiger partial charge is 0.481 e. The second-order valence-corrected chi connectivity index (χ2v) is 6.54. The highest BCUT2D eigenvalue weighted by Crippen LogP contribution is 2.22. The number of aryl methyl sites for hydroxylation is 2. The van der Waals surface area contributed by atoms with Crippen molar-refractivity contribution < 1.29 is 14.3 Å². The molecule has 27 heavy (non-hydrogen) atoms. The Morgan fingerprint density at radius 1 is 0.963 bits per heavy atom. The van der Waals surface area contributed by atoms with Crippen LogP contribution in [0.1, 0.15) is 11.1 Å². The lowest BCUT2D eigenvalue weighted by atomic mass is 10.1. The van der Waals surface area contributed by atoms with E-state index in [0.29, 0.717) is 32.1 Å². The summed E-state index contributed by atoms with van der Waals surface area (Å²) in [4.78, 5) is 25.0. The van der Waals surface area contributed by atoms with Gasteiger partial charge in [-0.2, -0.15) is 9.97 Å². The fourth-order valence-electron chi connectivity index (χ4n) is 3.14. The monoisotopic (exact) mass is 371 g/mol. The van der Waals surface area contributed by atoms with Gasteiger partial charge in [0.05, 0.1) is 14.2 Å². The molecule has 1 saturated heterocycles. The van der Waals surface area contributed by atoms with Gasteiger partial charge in [0.25, 0.3) is 0 Å². The van der Waals surface area contributed by atoms with E-state index in [2.05, 4.69) is 26.3 Å². The van der Waals surface area contributed by atoms with Crippen LogP contribution in [0.15, 0.2) is 24.3 Å². The van der Waals surface area contributed by atoms with E-state index in [1.165, 1.54) is 7.11 Å². The molecule has 1 aliphatic heterocycles. The minimum atomic E-state index is -0.0856. The number of methoxy groups -OCH3 is 2. The number of hydrogen-bond acceptors (Lipinski definition) is 6. The maximum atomic E-state index is 12.6. The van der Waals surface area contributed by atoms with Crippen LogP contribution in [0.5, 0.6) is 11.9 Å². The molecule has 1 aliphatic rings. The molecule has 0 unspecified atom stereocenters. The highest BCUT2D eigenvalue weighted by atomic mass is 16.5. The number of hydrogen-bond donors (Lipinski definition) is 1. The van der Waals surface area contributed by atoms with Crippen molar-refractivity contribution in [3.05, 3.63) is 35.4 Å². The highest BCUT2D eigenvalue weighted by Gasteiger charge is 2.23. The number of carbonyl (C=O) groups excluding carboxylic acids is 1. The molecule has 0 bridgehead atoms. The van der Waals surface area contributed by atoms with Crippen molar-refractivity contribution in [3.63, 3.8) is 0 Å². The third kappa shape index (κ3) is 4.58. The van der Waals surface area contributed by atoms with Crippen LogP contribution >= 0.6 is 0 Å². The zero-order valence-electron chi connectivity index (χ0n) is 16.2. The summed E-state index contributed by atoms with van der Waals surface area (Å²) in [6.45, 7) is 6.58. The molecule has 0 saturated carbocycles. The first-order chi connectivity index (χ1) is 13.0. The molecule has 0 atom stereocenters. The summed E-state index contributed by atoms with van der Waals surface area (Å²) < 4.78 is 10.3. The second kappa shape index (κ2) is 8.11. The molecule has 1 fully saturated rings. The van der Waals surface area contributed by atoms with Crippen molar-refractivity contribution >= 4 is 17.5 Å². The summed E-state index contributed by atoms with van der Waals surface area (Å²) in [5, 5.41) is 2.99. The Labute approximate surface area is 159 Å². The van der Waals surface area contributed by atoms with Gasteiger partial charge in [-0.15, -0.1) is 0 Å². The zero-order chi connectivity index (χ0) is 19.4. The molecule has 1 aromatic heterocycles. The summed E-state index contributed by atoms with van der Waals surface area (Å²) >= 11 is 0. The van der Waals surface area contributed by atoms with E-state index in [-0.39, 0.29) is 12.0 Å². The third-order valence-corrected chi connectivity index (χ3v) is 4.42. The molecule has 2 heterocycles. The van der Waals surface area contributed by atoms with Crippen LogP contribution in [-0.4, -0.2) is 61.3 Å². The summed E-state index contributed by atoms with van der Waals surface area (Å²) in [5.41, 5.74) is 3.08. The minimum Gasteiger partial charge on any atom is -0.481 e.